The second-order valence-corrected chi connectivity index (χ2v) is 8.20. The van der Waals surface area contributed by atoms with Gasteiger partial charge in [0.15, 0.2) is 0 Å². The average Bonchev–Trinajstić information content (AvgIpc) is 3.24. The Morgan fingerprint density at radius 3 is 2.90 bits per heavy atom. The fraction of sp³-hybridized carbons (Fsp3) is 0.545. The molecule has 7 heteroatoms. The zero-order valence-electron chi connectivity index (χ0n) is 17.1. The molecule has 0 aliphatic carbocycles. The summed E-state index contributed by atoms with van der Waals surface area (Å²) in [4.78, 5) is 28.1. The first-order valence-electron chi connectivity index (χ1n) is 10.2. The molecular weight excluding hydrogens is 372 g/mol. The van der Waals surface area contributed by atoms with E-state index in [9.17, 15) is 14.7 Å². The largest absolute Gasteiger partial charge is 0.508 e. The Morgan fingerprint density at radius 1 is 1.41 bits per heavy atom. The molecule has 3 aliphatic rings. The van der Waals surface area contributed by atoms with Gasteiger partial charge in [0.05, 0.1) is 31.5 Å². The molecule has 4 atom stereocenters. The van der Waals surface area contributed by atoms with E-state index in [0.29, 0.717) is 29.7 Å². The van der Waals surface area contributed by atoms with Crippen molar-refractivity contribution in [3.8, 4) is 5.75 Å². The maximum atomic E-state index is 13.2. The lowest BCUT2D eigenvalue weighted by Gasteiger charge is -2.45. The average molecular weight is 400 g/mol. The smallest absolute Gasteiger partial charge is 0.337 e. The number of carbonyl (C=O) groups is 2. The fourth-order valence-corrected chi connectivity index (χ4v) is 5.73. The van der Waals surface area contributed by atoms with Gasteiger partial charge in [0.2, 0.25) is 5.91 Å². The van der Waals surface area contributed by atoms with Crippen molar-refractivity contribution in [1.82, 2.24) is 4.90 Å². The molecule has 1 aromatic rings. The third-order valence-electron chi connectivity index (χ3n) is 7.05. The van der Waals surface area contributed by atoms with Crippen molar-refractivity contribution >= 4 is 17.6 Å². The maximum absolute atomic E-state index is 13.2. The molecule has 2 fully saturated rings. The van der Waals surface area contributed by atoms with E-state index in [0.717, 1.165) is 19.5 Å². The molecule has 1 amide bonds. The topological polar surface area (TPSA) is 88.1 Å². The monoisotopic (exact) mass is 400 g/mol. The van der Waals surface area contributed by atoms with Crippen LogP contribution in [0.3, 0.4) is 0 Å². The summed E-state index contributed by atoms with van der Waals surface area (Å²) in [7, 11) is 2.90. The molecule has 29 heavy (non-hydrogen) atoms. The van der Waals surface area contributed by atoms with Crippen molar-refractivity contribution in [3.05, 3.63) is 35.6 Å². The first-order chi connectivity index (χ1) is 14.0. The molecule has 3 aliphatic heterocycles. The Kier molecular flexibility index (Phi) is 5.02. The van der Waals surface area contributed by atoms with E-state index in [1.165, 1.54) is 20.5 Å². The minimum Gasteiger partial charge on any atom is -0.508 e. The van der Waals surface area contributed by atoms with Crippen LogP contribution in [0.15, 0.2) is 30.0 Å². The van der Waals surface area contributed by atoms with E-state index in [4.69, 9.17) is 9.47 Å². The molecule has 1 aromatic carbocycles. The molecule has 4 rings (SSSR count). The lowest BCUT2D eigenvalue weighted by molar-refractivity contribution is -0.137. The Bertz CT molecular complexity index is 867. The van der Waals surface area contributed by atoms with Crippen LogP contribution in [0.1, 0.15) is 31.7 Å². The molecule has 156 valence electrons. The highest BCUT2D eigenvalue weighted by atomic mass is 16.5. The summed E-state index contributed by atoms with van der Waals surface area (Å²) in [5.41, 5.74) is 1.10. The number of amides is 1. The highest BCUT2D eigenvalue weighted by Crippen LogP contribution is 2.55. The standard InChI is InChI=1S/C22H28N2O5/c1-4-13-11-24-9-8-22(19-16(23-21(22)27)6-5-7-17(19)25)18(24)10-14(13)15(12-28-2)20(26)29-3/h5-7,12-14,18,25H,4,8-11H2,1-3H3,(H,23,27)/b15-12+/t13-,14+,18-,22+/m1/s1. The van der Waals surface area contributed by atoms with E-state index in [1.54, 1.807) is 12.1 Å². The maximum Gasteiger partial charge on any atom is 0.337 e. The Morgan fingerprint density at radius 2 is 2.21 bits per heavy atom. The first kappa shape index (κ1) is 19.8. The van der Waals surface area contributed by atoms with Gasteiger partial charge in [-0.3, -0.25) is 9.69 Å². The van der Waals surface area contributed by atoms with Gasteiger partial charge in [0, 0.05) is 23.8 Å². The minimum atomic E-state index is -0.800. The summed E-state index contributed by atoms with van der Waals surface area (Å²) < 4.78 is 10.2. The number of piperidine rings is 1. The number of methoxy groups -OCH3 is 2. The SMILES string of the molecule is CC[C@@H]1CN2CC[C@]3(C(=O)Nc4cccc(O)c43)[C@H]2C[C@@H]1/C(=C\OC)C(=O)OC. The van der Waals surface area contributed by atoms with Crippen molar-refractivity contribution < 1.29 is 24.2 Å². The molecule has 2 N–H and O–H groups in total. The van der Waals surface area contributed by atoms with Crippen LogP contribution in [-0.4, -0.2) is 55.2 Å². The molecule has 3 heterocycles. The van der Waals surface area contributed by atoms with Gasteiger partial charge < -0.3 is 19.9 Å². The third kappa shape index (κ3) is 2.82. The van der Waals surface area contributed by atoms with Crippen LogP contribution < -0.4 is 5.32 Å². The van der Waals surface area contributed by atoms with Crippen molar-refractivity contribution in [2.45, 2.75) is 37.6 Å². The van der Waals surface area contributed by atoms with E-state index in [1.807, 2.05) is 6.07 Å². The summed E-state index contributed by atoms with van der Waals surface area (Å²) in [5, 5.41) is 13.6. The van der Waals surface area contributed by atoms with Gasteiger partial charge in [-0.2, -0.15) is 0 Å². The summed E-state index contributed by atoms with van der Waals surface area (Å²) in [6.07, 6.45) is 3.67. The molecule has 0 radical (unpaired) electrons. The predicted molar refractivity (Wildman–Crippen MR) is 107 cm³/mol. The van der Waals surface area contributed by atoms with Crippen LogP contribution in [0.4, 0.5) is 5.69 Å². The van der Waals surface area contributed by atoms with Gasteiger partial charge in [-0.25, -0.2) is 4.79 Å². The summed E-state index contributed by atoms with van der Waals surface area (Å²) in [5.74, 6) is -0.125. The van der Waals surface area contributed by atoms with Crippen LogP contribution in [0.25, 0.3) is 0 Å². The number of phenolic OH excluding ortho intramolecular Hbond substituents is 1. The molecule has 7 nitrogen and oxygen atoms in total. The molecule has 0 unspecified atom stereocenters. The number of phenols is 1. The predicted octanol–water partition coefficient (Wildman–Crippen LogP) is 2.41. The number of ether oxygens (including phenoxy) is 2. The van der Waals surface area contributed by atoms with Crippen LogP contribution in [-0.2, 0) is 24.5 Å². The van der Waals surface area contributed by atoms with Crippen LogP contribution in [0.5, 0.6) is 5.75 Å². The van der Waals surface area contributed by atoms with Crippen molar-refractivity contribution in [2.24, 2.45) is 11.8 Å². The van der Waals surface area contributed by atoms with E-state index < -0.39 is 11.4 Å². The number of fused-ring (bicyclic) bond motifs is 4. The highest BCUT2D eigenvalue weighted by molar-refractivity contribution is 6.08. The fourth-order valence-electron chi connectivity index (χ4n) is 5.73. The number of anilines is 1. The zero-order chi connectivity index (χ0) is 20.8. The molecule has 0 saturated carbocycles. The molecule has 0 bridgehead atoms. The van der Waals surface area contributed by atoms with Gasteiger partial charge in [0.1, 0.15) is 5.75 Å². The minimum absolute atomic E-state index is 0.0643. The summed E-state index contributed by atoms with van der Waals surface area (Å²) in [6.45, 7) is 3.70. The molecule has 1 spiro atoms. The van der Waals surface area contributed by atoms with Gasteiger partial charge >= 0.3 is 5.97 Å². The number of aromatic hydroxyl groups is 1. The molecule has 2 saturated heterocycles. The van der Waals surface area contributed by atoms with E-state index in [2.05, 4.69) is 17.1 Å². The van der Waals surface area contributed by atoms with Gasteiger partial charge in [-0.05, 0) is 43.4 Å². The van der Waals surface area contributed by atoms with Gasteiger partial charge in [0.25, 0.3) is 0 Å². The Hall–Kier alpha value is -2.54. The quantitative estimate of drug-likeness (QED) is 0.458. The summed E-state index contributed by atoms with van der Waals surface area (Å²) >= 11 is 0. The Balaban J connectivity index is 1.77. The Labute approximate surface area is 170 Å². The number of hydrogen-bond acceptors (Lipinski definition) is 6. The lowest BCUT2D eigenvalue weighted by Crippen LogP contribution is -2.53. The van der Waals surface area contributed by atoms with E-state index in [-0.39, 0.29) is 29.5 Å². The molecule has 0 aromatic heterocycles. The van der Waals surface area contributed by atoms with Gasteiger partial charge in [-0.15, -0.1) is 0 Å². The molecular formula is C22H28N2O5. The van der Waals surface area contributed by atoms with Crippen LogP contribution in [0.2, 0.25) is 0 Å². The number of nitrogens with one attached hydrogen (secondary N) is 1. The number of nitrogens with zero attached hydrogens (tertiary/aromatic N) is 1. The number of carbonyl (C=O) groups excluding carboxylic acids is 2. The highest BCUT2D eigenvalue weighted by Gasteiger charge is 2.61. The van der Waals surface area contributed by atoms with Crippen molar-refractivity contribution in [2.75, 3.05) is 32.6 Å². The first-order valence-corrected chi connectivity index (χ1v) is 10.2. The normalized spacial score (nSPS) is 31.3. The van der Waals surface area contributed by atoms with Gasteiger partial charge in [-0.1, -0.05) is 19.4 Å². The lowest BCUT2D eigenvalue weighted by atomic mass is 9.67. The zero-order valence-corrected chi connectivity index (χ0v) is 17.1. The third-order valence-corrected chi connectivity index (χ3v) is 7.05. The second-order valence-electron chi connectivity index (χ2n) is 8.20. The number of benzene rings is 1. The van der Waals surface area contributed by atoms with Crippen LogP contribution >= 0.6 is 0 Å². The second kappa shape index (κ2) is 7.37. The number of hydrogen-bond donors (Lipinski definition) is 2. The number of rotatable bonds is 4. The van der Waals surface area contributed by atoms with Crippen molar-refractivity contribution in [1.29, 1.82) is 0 Å². The number of esters is 1. The summed E-state index contributed by atoms with van der Waals surface area (Å²) in [6, 6.07) is 5.12. The van der Waals surface area contributed by atoms with Crippen molar-refractivity contribution in [3.63, 3.8) is 0 Å². The van der Waals surface area contributed by atoms with Crippen LogP contribution in [0, 0.1) is 11.8 Å². The van der Waals surface area contributed by atoms with E-state index >= 15 is 0 Å².